The average molecular weight is 302 g/mol. The molecule has 0 fully saturated rings. The molecule has 1 unspecified atom stereocenters. The van der Waals surface area contributed by atoms with Gasteiger partial charge in [0.05, 0.1) is 0 Å². The van der Waals surface area contributed by atoms with E-state index in [2.05, 4.69) is 0 Å². The Hall–Kier alpha value is -2.14. The molecule has 0 saturated carbocycles. The van der Waals surface area contributed by atoms with Crippen molar-refractivity contribution >= 4 is 17.7 Å². The van der Waals surface area contributed by atoms with Crippen LogP contribution in [0.2, 0.25) is 0 Å². The monoisotopic (exact) mass is 302 g/mol. The molecule has 0 aliphatic carbocycles. The quantitative estimate of drug-likeness (QED) is 0.863. The molecule has 0 spiro atoms. The van der Waals surface area contributed by atoms with Crippen molar-refractivity contribution in [2.24, 2.45) is 0 Å². The maximum atomic E-state index is 11.4. The van der Waals surface area contributed by atoms with Crippen LogP contribution in [0.1, 0.15) is 11.1 Å². The Labute approximate surface area is 126 Å². The van der Waals surface area contributed by atoms with Crippen LogP contribution >= 0.6 is 11.8 Å². The van der Waals surface area contributed by atoms with E-state index in [1.165, 1.54) is 11.8 Å². The minimum absolute atomic E-state index is 0.546. The van der Waals surface area contributed by atoms with Crippen molar-refractivity contribution in [1.82, 2.24) is 0 Å². The minimum atomic E-state index is -1.35. The second kappa shape index (κ2) is 5.69. The van der Waals surface area contributed by atoms with Crippen molar-refractivity contribution < 1.29 is 19.4 Å². The van der Waals surface area contributed by atoms with Gasteiger partial charge in [0, 0.05) is 16.9 Å². The van der Waals surface area contributed by atoms with Gasteiger partial charge >= 0.3 is 12.3 Å². The van der Waals surface area contributed by atoms with Gasteiger partial charge in [0.1, 0.15) is 11.5 Å². The van der Waals surface area contributed by atoms with Crippen molar-refractivity contribution in [3.63, 3.8) is 0 Å². The van der Waals surface area contributed by atoms with Gasteiger partial charge in [-0.1, -0.05) is 30.3 Å². The molecule has 1 atom stereocenters. The standard InChI is InChI=1S/C16H14O4S/c1-21-13-8-4-6-11-9-10-5-2-3-7-12(10)19-16(15(17)18)20-14(11)13/h2-8,16H,9H2,1H3,(H,17,18). The lowest BCUT2D eigenvalue weighted by Crippen LogP contribution is -2.34. The van der Waals surface area contributed by atoms with Crippen LogP contribution in [0, 0.1) is 0 Å². The van der Waals surface area contributed by atoms with Crippen molar-refractivity contribution in [2.75, 3.05) is 6.26 Å². The van der Waals surface area contributed by atoms with E-state index >= 15 is 0 Å². The summed E-state index contributed by atoms with van der Waals surface area (Å²) in [6.45, 7) is 0. The Kier molecular flexibility index (Phi) is 3.75. The van der Waals surface area contributed by atoms with Gasteiger partial charge in [-0.05, 0) is 24.0 Å². The third-order valence-electron chi connectivity index (χ3n) is 3.29. The normalized spacial score (nSPS) is 16.5. The van der Waals surface area contributed by atoms with E-state index in [1.54, 1.807) is 6.07 Å². The topological polar surface area (TPSA) is 55.8 Å². The molecule has 0 saturated heterocycles. The number of thioether (sulfide) groups is 1. The van der Waals surface area contributed by atoms with Crippen molar-refractivity contribution in [3.05, 3.63) is 53.6 Å². The fourth-order valence-electron chi connectivity index (χ4n) is 2.31. The van der Waals surface area contributed by atoms with E-state index in [0.29, 0.717) is 17.9 Å². The number of benzene rings is 2. The molecule has 1 N–H and O–H groups in total. The molecule has 1 heterocycles. The number of carbonyl (C=O) groups is 1. The van der Waals surface area contributed by atoms with Crippen molar-refractivity contribution in [1.29, 1.82) is 0 Å². The summed E-state index contributed by atoms with van der Waals surface area (Å²) in [5.41, 5.74) is 1.91. The van der Waals surface area contributed by atoms with E-state index in [-0.39, 0.29) is 0 Å². The number of rotatable bonds is 2. The van der Waals surface area contributed by atoms with Crippen LogP contribution in [0.3, 0.4) is 0 Å². The zero-order valence-corrected chi connectivity index (χ0v) is 12.2. The van der Waals surface area contributed by atoms with Crippen molar-refractivity contribution in [3.8, 4) is 11.5 Å². The Morgan fingerprint density at radius 3 is 2.67 bits per heavy atom. The second-order valence-electron chi connectivity index (χ2n) is 4.64. The lowest BCUT2D eigenvalue weighted by Gasteiger charge is -2.24. The highest BCUT2D eigenvalue weighted by Crippen LogP contribution is 2.37. The number of carboxylic acids is 1. The molecule has 5 heteroatoms. The van der Waals surface area contributed by atoms with Crippen molar-refractivity contribution in [2.45, 2.75) is 17.6 Å². The first-order valence-corrected chi connectivity index (χ1v) is 7.71. The predicted molar refractivity (Wildman–Crippen MR) is 80.2 cm³/mol. The lowest BCUT2D eigenvalue weighted by molar-refractivity contribution is -0.159. The average Bonchev–Trinajstić information content (AvgIpc) is 2.46. The van der Waals surface area contributed by atoms with E-state index < -0.39 is 12.3 Å². The van der Waals surface area contributed by atoms with Gasteiger partial charge in [0.25, 0.3) is 0 Å². The van der Waals surface area contributed by atoms with E-state index in [0.717, 1.165) is 16.0 Å². The number of hydrogen-bond donors (Lipinski definition) is 1. The number of aliphatic carboxylic acids is 1. The van der Waals surface area contributed by atoms with Crippen LogP contribution in [0.25, 0.3) is 0 Å². The van der Waals surface area contributed by atoms with Gasteiger partial charge in [-0.2, -0.15) is 0 Å². The molecule has 108 valence electrons. The number of ether oxygens (including phenoxy) is 2. The molecule has 3 rings (SSSR count). The number of para-hydroxylation sites is 2. The molecule has 0 aromatic heterocycles. The third kappa shape index (κ3) is 2.69. The minimum Gasteiger partial charge on any atom is -0.476 e. The fraction of sp³-hybridized carbons (Fsp3) is 0.188. The smallest absolute Gasteiger partial charge is 0.387 e. The lowest BCUT2D eigenvalue weighted by atomic mass is 10.0. The molecule has 0 amide bonds. The SMILES string of the molecule is CSc1cccc2c1OC(C(=O)O)Oc1ccccc1C2. The summed E-state index contributed by atoms with van der Waals surface area (Å²) >= 11 is 1.52. The first-order valence-electron chi connectivity index (χ1n) is 6.49. The van der Waals surface area contributed by atoms with Gasteiger partial charge in [0.15, 0.2) is 0 Å². The van der Waals surface area contributed by atoms with Crippen LogP contribution in [-0.4, -0.2) is 23.6 Å². The molecular weight excluding hydrogens is 288 g/mol. The van der Waals surface area contributed by atoms with E-state index in [4.69, 9.17) is 9.47 Å². The first kappa shape index (κ1) is 13.8. The molecule has 1 aliphatic heterocycles. The van der Waals surface area contributed by atoms with E-state index in [1.807, 2.05) is 42.7 Å². The highest BCUT2D eigenvalue weighted by Gasteiger charge is 2.27. The fourth-order valence-corrected chi connectivity index (χ4v) is 2.89. The molecule has 21 heavy (non-hydrogen) atoms. The van der Waals surface area contributed by atoms with Crippen LogP contribution in [0.5, 0.6) is 11.5 Å². The van der Waals surface area contributed by atoms with Crippen LogP contribution in [0.4, 0.5) is 0 Å². The zero-order valence-electron chi connectivity index (χ0n) is 11.4. The van der Waals surface area contributed by atoms with Crippen LogP contribution in [0.15, 0.2) is 47.4 Å². The summed E-state index contributed by atoms with van der Waals surface area (Å²) in [6, 6.07) is 13.3. The summed E-state index contributed by atoms with van der Waals surface area (Å²) in [6.07, 6.45) is 1.23. The first-order chi connectivity index (χ1) is 10.2. The summed E-state index contributed by atoms with van der Waals surface area (Å²) in [5, 5.41) is 9.31. The van der Waals surface area contributed by atoms with E-state index in [9.17, 15) is 9.90 Å². The van der Waals surface area contributed by atoms with Crippen LogP contribution < -0.4 is 9.47 Å². The Morgan fingerprint density at radius 1 is 1.14 bits per heavy atom. The second-order valence-corrected chi connectivity index (χ2v) is 5.49. The van der Waals surface area contributed by atoms with Gasteiger partial charge in [-0.25, -0.2) is 4.79 Å². The largest absolute Gasteiger partial charge is 0.476 e. The molecule has 0 radical (unpaired) electrons. The molecule has 2 aromatic rings. The Bertz CT molecular complexity index is 684. The highest BCUT2D eigenvalue weighted by atomic mass is 32.2. The number of carboxylic acid groups (broad SMARTS) is 1. The van der Waals surface area contributed by atoms with Gasteiger partial charge < -0.3 is 14.6 Å². The molecule has 4 nitrogen and oxygen atoms in total. The molecule has 1 aliphatic rings. The van der Waals surface area contributed by atoms with Crippen LogP contribution in [-0.2, 0) is 11.2 Å². The maximum Gasteiger partial charge on any atom is 0.387 e. The summed E-state index contributed by atoms with van der Waals surface area (Å²) in [7, 11) is 0. The predicted octanol–water partition coefficient (Wildman–Crippen LogP) is 3.18. The Morgan fingerprint density at radius 2 is 1.90 bits per heavy atom. The number of fused-ring (bicyclic) bond motifs is 2. The summed E-state index contributed by atoms with van der Waals surface area (Å²) in [4.78, 5) is 12.3. The van der Waals surface area contributed by atoms with Gasteiger partial charge in [-0.15, -0.1) is 11.8 Å². The summed E-state index contributed by atoms with van der Waals surface area (Å²) < 4.78 is 11.2. The zero-order chi connectivity index (χ0) is 14.8. The van der Waals surface area contributed by atoms with Gasteiger partial charge in [-0.3, -0.25) is 0 Å². The van der Waals surface area contributed by atoms with Gasteiger partial charge in [0.2, 0.25) is 0 Å². The molecule has 2 aromatic carbocycles. The summed E-state index contributed by atoms with van der Waals surface area (Å²) in [5.74, 6) is -0.00873. The molecule has 0 bridgehead atoms. The Balaban J connectivity index is 2.14. The third-order valence-corrected chi connectivity index (χ3v) is 4.06. The number of hydrogen-bond acceptors (Lipinski definition) is 4. The molecular formula is C16H14O4S. The highest BCUT2D eigenvalue weighted by molar-refractivity contribution is 7.98. The maximum absolute atomic E-state index is 11.4.